The molecule has 3 nitrogen and oxygen atoms in total. The molecule has 1 heterocycles. The molecule has 8 heteroatoms. The molecule has 0 bridgehead atoms. The summed E-state index contributed by atoms with van der Waals surface area (Å²) in [6, 6.07) is 6.67. The van der Waals surface area contributed by atoms with E-state index in [1.165, 1.54) is 6.07 Å². The third-order valence-electron chi connectivity index (χ3n) is 4.05. The summed E-state index contributed by atoms with van der Waals surface area (Å²) >= 11 is 0. The summed E-state index contributed by atoms with van der Waals surface area (Å²) in [5.41, 5.74) is 0.932. The summed E-state index contributed by atoms with van der Waals surface area (Å²) in [6.07, 6.45) is -2.33. The van der Waals surface area contributed by atoms with Crippen LogP contribution in [0.1, 0.15) is 24.4 Å². The number of rotatable bonds is 4. The van der Waals surface area contributed by atoms with Crippen LogP contribution < -0.4 is 10.1 Å². The molecule has 1 aliphatic heterocycles. The minimum atomic E-state index is -4.64. The SMILES string of the molecule is Cl.Cl.FC(F)(F)Oc1cccc([C@H](C2CC2)N2CCNCC2)c1. The summed E-state index contributed by atoms with van der Waals surface area (Å²) in [4.78, 5) is 2.38. The maximum absolute atomic E-state index is 12.4. The van der Waals surface area contributed by atoms with E-state index < -0.39 is 6.36 Å². The highest BCUT2D eigenvalue weighted by molar-refractivity contribution is 5.85. The smallest absolute Gasteiger partial charge is 0.406 e. The minimum absolute atomic E-state index is 0. The first-order valence-electron chi connectivity index (χ1n) is 7.33. The van der Waals surface area contributed by atoms with Crippen molar-refractivity contribution in [2.24, 2.45) is 5.92 Å². The Bertz CT molecular complexity index is 492. The molecule has 2 aliphatic rings. The number of hydrogen-bond acceptors (Lipinski definition) is 3. The zero-order valence-corrected chi connectivity index (χ0v) is 14.1. The van der Waals surface area contributed by atoms with Gasteiger partial charge in [-0.2, -0.15) is 0 Å². The Labute approximate surface area is 146 Å². The van der Waals surface area contributed by atoms with Crippen molar-refractivity contribution in [1.82, 2.24) is 10.2 Å². The second-order valence-corrected chi connectivity index (χ2v) is 5.69. The van der Waals surface area contributed by atoms with E-state index in [2.05, 4.69) is 15.0 Å². The molecule has 0 aromatic heterocycles. The van der Waals surface area contributed by atoms with Crippen LogP contribution in [0.25, 0.3) is 0 Å². The van der Waals surface area contributed by atoms with E-state index in [9.17, 15) is 13.2 Å². The van der Waals surface area contributed by atoms with Gasteiger partial charge in [0.05, 0.1) is 0 Å². The van der Waals surface area contributed by atoms with E-state index in [4.69, 9.17) is 0 Å². The van der Waals surface area contributed by atoms with E-state index >= 15 is 0 Å². The van der Waals surface area contributed by atoms with Gasteiger partial charge < -0.3 is 10.1 Å². The molecular weight excluding hydrogens is 352 g/mol. The molecule has 3 rings (SSSR count). The highest BCUT2D eigenvalue weighted by atomic mass is 35.5. The summed E-state index contributed by atoms with van der Waals surface area (Å²) in [7, 11) is 0. The Morgan fingerprint density at radius 2 is 1.78 bits per heavy atom. The average molecular weight is 373 g/mol. The summed E-state index contributed by atoms with van der Waals surface area (Å²) in [6.45, 7) is 3.74. The Kier molecular flexibility index (Phi) is 7.45. The molecule has 1 atom stereocenters. The maximum Gasteiger partial charge on any atom is 0.573 e. The van der Waals surface area contributed by atoms with Crippen LogP contribution in [-0.4, -0.2) is 37.4 Å². The monoisotopic (exact) mass is 372 g/mol. The van der Waals surface area contributed by atoms with Crippen molar-refractivity contribution in [1.29, 1.82) is 0 Å². The van der Waals surface area contributed by atoms with E-state index in [1.54, 1.807) is 12.1 Å². The molecule has 23 heavy (non-hydrogen) atoms. The molecule has 1 aromatic carbocycles. The average Bonchev–Trinajstić information content (AvgIpc) is 3.23. The predicted octanol–water partition coefficient (Wildman–Crippen LogP) is 3.79. The third-order valence-corrected chi connectivity index (χ3v) is 4.05. The van der Waals surface area contributed by atoms with Crippen molar-refractivity contribution in [2.45, 2.75) is 25.2 Å². The number of ether oxygens (including phenoxy) is 1. The molecular formula is C15H21Cl2F3N2O. The van der Waals surface area contributed by atoms with Crippen molar-refractivity contribution in [2.75, 3.05) is 26.2 Å². The summed E-state index contributed by atoms with van der Waals surface area (Å²) in [5.74, 6) is 0.435. The summed E-state index contributed by atoms with van der Waals surface area (Å²) in [5, 5.41) is 3.31. The number of hydrogen-bond donors (Lipinski definition) is 1. The second kappa shape index (κ2) is 8.42. The lowest BCUT2D eigenvalue weighted by molar-refractivity contribution is -0.274. The Morgan fingerprint density at radius 1 is 1.13 bits per heavy atom. The Morgan fingerprint density at radius 3 is 2.35 bits per heavy atom. The van der Waals surface area contributed by atoms with Gasteiger partial charge in [-0.25, -0.2) is 0 Å². The van der Waals surface area contributed by atoms with Gasteiger partial charge in [-0.05, 0) is 36.5 Å². The molecule has 0 radical (unpaired) electrons. The fourth-order valence-corrected chi connectivity index (χ4v) is 3.05. The van der Waals surface area contributed by atoms with Crippen molar-refractivity contribution in [3.05, 3.63) is 29.8 Å². The zero-order chi connectivity index (χ0) is 14.9. The number of alkyl halides is 3. The van der Waals surface area contributed by atoms with Crippen LogP contribution >= 0.6 is 24.8 Å². The van der Waals surface area contributed by atoms with Gasteiger partial charge >= 0.3 is 6.36 Å². The van der Waals surface area contributed by atoms with Crippen molar-refractivity contribution >= 4 is 24.8 Å². The van der Waals surface area contributed by atoms with Crippen LogP contribution in [0.3, 0.4) is 0 Å². The first-order chi connectivity index (χ1) is 10.0. The van der Waals surface area contributed by atoms with Gasteiger partial charge in [-0.1, -0.05) is 12.1 Å². The Hall–Kier alpha value is -0.690. The standard InChI is InChI=1S/C15H19F3N2O.2ClH/c16-15(17,18)21-13-3-1-2-12(10-13)14(11-4-5-11)20-8-6-19-7-9-20;;/h1-3,10-11,14,19H,4-9H2;2*1H/t14-;;/m0../s1. The predicted molar refractivity (Wildman–Crippen MR) is 87.5 cm³/mol. The molecule has 1 saturated heterocycles. The van der Waals surface area contributed by atoms with Crippen LogP contribution in [-0.2, 0) is 0 Å². The minimum Gasteiger partial charge on any atom is -0.406 e. The van der Waals surface area contributed by atoms with Gasteiger partial charge in [0.25, 0.3) is 0 Å². The second-order valence-electron chi connectivity index (χ2n) is 5.69. The molecule has 1 N–H and O–H groups in total. The van der Waals surface area contributed by atoms with Crippen LogP contribution in [0.5, 0.6) is 5.75 Å². The quantitative estimate of drug-likeness (QED) is 0.869. The molecule has 1 aromatic rings. The van der Waals surface area contributed by atoms with E-state index in [-0.39, 0.29) is 36.6 Å². The lowest BCUT2D eigenvalue weighted by Gasteiger charge is -2.35. The number of benzene rings is 1. The number of piperazine rings is 1. The zero-order valence-electron chi connectivity index (χ0n) is 12.5. The van der Waals surface area contributed by atoms with Gasteiger partial charge in [0.2, 0.25) is 0 Å². The van der Waals surface area contributed by atoms with E-state index in [0.717, 1.165) is 44.6 Å². The van der Waals surface area contributed by atoms with E-state index in [0.29, 0.717) is 5.92 Å². The van der Waals surface area contributed by atoms with Crippen LogP contribution in [0, 0.1) is 5.92 Å². The molecule has 1 aliphatic carbocycles. The van der Waals surface area contributed by atoms with Gasteiger partial charge in [-0.15, -0.1) is 38.0 Å². The maximum atomic E-state index is 12.4. The highest BCUT2D eigenvalue weighted by Gasteiger charge is 2.37. The Balaban J connectivity index is 0.00000132. The molecule has 1 saturated carbocycles. The van der Waals surface area contributed by atoms with Crippen molar-refractivity contribution in [3.63, 3.8) is 0 Å². The number of nitrogens with zero attached hydrogens (tertiary/aromatic N) is 1. The summed E-state index contributed by atoms with van der Waals surface area (Å²) < 4.78 is 41.1. The fraction of sp³-hybridized carbons (Fsp3) is 0.600. The normalized spacial score (nSPS) is 20.1. The van der Waals surface area contributed by atoms with E-state index in [1.807, 2.05) is 6.07 Å². The van der Waals surface area contributed by atoms with Gasteiger partial charge in [0.1, 0.15) is 5.75 Å². The van der Waals surface area contributed by atoms with Crippen LogP contribution in [0.4, 0.5) is 13.2 Å². The van der Waals surface area contributed by atoms with Crippen molar-refractivity contribution < 1.29 is 17.9 Å². The van der Waals surface area contributed by atoms with Gasteiger partial charge in [-0.3, -0.25) is 4.90 Å². The number of halogens is 5. The van der Waals surface area contributed by atoms with Crippen LogP contribution in [0.15, 0.2) is 24.3 Å². The molecule has 0 unspecified atom stereocenters. The first-order valence-corrected chi connectivity index (χ1v) is 7.33. The molecule has 0 amide bonds. The largest absolute Gasteiger partial charge is 0.573 e. The fourth-order valence-electron chi connectivity index (χ4n) is 3.05. The molecule has 132 valence electrons. The van der Waals surface area contributed by atoms with Crippen molar-refractivity contribution in [3.8, 4) is 5.75 Å². The lowest BCUT2D eigenvalue weighted by Crippen LogP contribution is -2.45. The third kappa shape index (κ3) is 5.71. The highest BCUT2D eigenvalue weighted by Crippen LogP contribution is 2.45. The van der Waals surface area contributed by atoms with Crippen LogP contribution in [0.2, 0.25) is 0 Å². The van der Waals surface area contributed by atoms with Gasteiger partial charge in [0.15, 0.2) is 0 Å². The van der Waals surface area contributed by atoms with Gasteiger partial charge in [0, 0.05) is 32.2 Å². The number of nitrogens with one attached hydrogen (secondary N) is 1. The lowest BCUT2D eigenvalue weighted by atomic mass is 9.99. The molecule has 0 spiro atoms. The molecule has 2 fully saturated rings. The topological polar surface area (TPSA) is 24.5 Å². The first kappa shape index (κ1) is 20.4.